The molecule has 10 heteroatoms. The zero-order chi connectivity index (χ0) is 22.2. The van der Waals surface area contributed by atoms with Gasteiger partial charge in [0.1, 0.15) is 29.3 Å². The molecular formula is C22H20F2N6O2. The Kier molecular flexibility index (Phi) is 5.04. The highest BCUT2D eigenvalue weighted by Crippen LogP contribution is 2.34. The summed E-state index contributed by atoms with van der Waals surface area (Å²) in [6.07, 6.45) is 6.32. The lowest BCUT2D eigenvalue weighted by Gasteiger charge is -2.31. The second-order valence-corrected chi connectivity index (χ2v) is 7.68. The van der Waals surface area contributed by atoms with Crippen LogP contribution in [0.25, 0.3) is 28.5 Å². The quantitative estimate of drug-likeness (QED) is 0.522. The molecule has 0 radical (unpaired) electrons. The normalized spacial score (nSPS) is 14.8. The number of aromatic nitrogens is 4. The van der Waals surface area contributed by atoms with Gasteiger partial charge in [-0.25, -0.2) is 18.7 Å². The van der Waals surface area contributed by atoms with Crippen molar-refractivity contribution >= 4 is 17.7 Å². The zero-order valence-corrected chi connectivity index (χ0v) is 17.3. The molecule has 8 nitrogen and oxygen atoms in total. The molecule has 1 N–H and O–H groups in total. The van der Waals surface area contributed by atoms with Crippen LogP contribution in [-0.2, 0) is 4.79 Å². The largest absolute Gasteiger partial charge is 0.432 e. The lowest BCUT2D eigenvalue weighted by molar-refractivity contribution is -0.129. The Morgan fingerprint density at radius 3 is 2.75 bits per heavy atom. The van der Waals surface area contributed by atoms with Gasteiger partial charge in [-0.05, 0) is 31.0 Å². The molecule has 1 aromatic carbocycles. The van der Waals surface area contributed by atoms with E-state index in [0.717, 1.165) is 18.9 Å². The number of oxazole rings is 1. The van der Waals surface area contributed by atoms with Crippen LogP contribution in [0.3, 0.4) is 0 Å². The predicted octanol–water partition coefficient (Wildman–Crippen LogP) is 3.75. The Labute approximate surface area is 181 Å². The van der Waals surface area contributed by atoms with Crippen molar-refractivity contribution < 1.29 is 18.0 Å². The van der Waals surface area contributed by atoms with E-state index in [1.54, 1.807) is 29.8 Å². The first kappa shape index (κ1) is 20.1. The number of amides is 1. The SMILES string of the molecule is CC(=O)N1CCC(Nc2nccc(-c3c(-c4ccc(F)cc4F)nc4occn34)n2)CC1. The smallest absolute Gasteiger partial charge is 0.306 e. The maximum atomic E-state index is 14.6. The van der Waals surface area contributed by atoms with Crippen LogP contribution in [0.15, 0.2) is 47.3 Å². The van der Waals surface area contributed by atoms with E-state index in [-0.39, 0.29) is 23.4 Å². The van der Waals surface area contributed by atoms with E-state index in [0.29, 0.717) is 36.1 Å². The summed E-state index contributed by atoms with van der Waals surface area (Å²) in [7, 11) is 0. The summed E-state index contributed by atoms with van der Waals surface area (Å²) < 4.78 is 35.0. The Balaban J connectivity index is 1.49. The summed E-state index contributed by atoms with van der Waals surface area (Å²) in [5.74, 6) is -0.625. The standard InChI is InChI=1S/C22H20F2N6O2/c1-13(31)29-8-5-15(6-9-29)26-21-25-7-4-18(27-21)20-19(28-22-30(20)10-11-32-22)16-3-2-14(23)12-17(16)24/h2-4,7,10-12,15H,5-6,8-9H2,1H3,(H,25,26,27). The number of carbonyl (C=O) groups excluding carboxylic acids is 1. The number of anilines is 1. The molecule has 1 amide bonds. The molecule has 1 fully saturated rings. The Morgan fingerprint density at radius 2 is 2.00 bits per heavy atom. The van der Waals surface area contributed by atoms with Gasteiger partial charge >= 0.3 is 5.84 Å². The molecular weight excluding hydrogens is 418 g/mol. The third-order valence-electron chi connectivity index (χ3n) is 5.62. The summed E-state index contributed by atoms with van der Waals surface area (Å²) >= 11 is 0. The maximum absolute atomic E-state index is 14.6. The fourth-order valence-electron chi connectivity index (χ4n) is 3.98. The van der Waals surface area contributed by atoms with Gasteiger partial charge in [0.15, 0.2) is 0 Å². The first-order chi connectivity index (χ1) is 15.5. The molecule has 0 aliphatic carbocycles. The fourth-order valence-corrected chi connectivity index (χ4v) is 3.98. The molecule has 1 aliphatic heterocycles. The van der Waals surface area contributed by atoms with Gasteiger partial charge < -0.3 is 14.6 Å². The van der Waals surface area contributed by atoms with Crippen molar-refractivity contribution in [1.82, 2.24) is 24.3 Å². The predicted molar refractivity (Wildman–Crippen MR) is 113 cm³/mol. The minimum Gasteiger partial charge on any atom is -0.432 e. The molecule has 1 saturated heterocycles. The second-order valence-electron chi connectivity index (χ2n) is 7.68. The summed E-state index contributed by atoms with van der Waals surface area (Å²) in [5, 5.41) is 3.33. The van der Waals surface area contributed by atoms with Gasteiger partial charge in [-0.15, -0.1) is 0 Å². The summed E-state index contributed by atoms with van der Waals surface area (Å²) in [6, 6.07) is 5.18. The first-order valence-electron chi connectivity index (χ1n) is 10.3. The van der Waals surface area contributed by atoms with Crippen LogP contribution >= 0.6 is 0 Å². The average Bonchev–Trinajstić information content (AvgIpc) is 3.35. The van der Waals surface area contributed by atoms with Crippen molar-refractivity contribution in [2.75, 3.05) is 18.4 Å². The number of nitrogens with one attached hydrogen (secondary N) is 1. The third kappa shape index (κ3) is 3.68. The molecule has 0 atom stereocenters. The number of hydrogen-bond donors (Lipinski definition) is 1. The molecule has 1 aliphatic rings. The van der Waals surface area contributed by atoms with Gasteiger partial charge in [0.05, 0.1) is 5.69 Å². The van der Waals surface area contributed by atoms with Gasteiger partial charge in [-0.2, -0.15) is 4.98 Å². The highest BCUT2D eigenvalue weighted by molar-refractivity contribution is 5.80. The van der Waals surface area contributed by atoms with Gasteiger partial charge in [0.2, 0.25) is 11.9 Å². The van der Waals surface area contributed by atoms with Gasteiger partial charge in [0, 0.05) is 50.1 Å². The molecule has 4 heterocycles. The van der Waals surface area contributed by atoms with Crippen LogP contribution in [0.5, 0.6) is 0 Å². The van der Waals surface area contributed by atoms with E-state index >= 15 is 0 Å². The van der Waals surface area contributed by atoms with Crippen LogP contribution in [0.2, 0.25) is 0 Å². The Hall–Kier alpha value is -3.82. The van der Waals surface area contributed by atoms with E-state index in [1.807, 2.05) is 4.90 Å². The number of imidazole rings is 1. The number of piperidine rings is 1. The summed E-state index contributed by atoms with van der Waals surface area (Å²) in [4.78, 5) is 26.7. The van der Waals surface area contributed by atoms with Gasteiger partial charge in [-0.1, -0.05) is 0 Å². The molecule has 164 valence electrons. The number of nitrogens with zero attached hydrogens (tertiary/aromatic N) is 5. The number of fused-ring (bicyclic) bond motifs is 1. The number of rotatable bonds is 4. The van der Waals surface area contributed by atoms with Crippen LogP contribution in [-0.4, -0.2) is 49.3 Å². The number of halogens is 2. The molecule has 3 aromatic heterocycles. The van der Waals surface area contributed by atoms with Gasteiger partial charge in [0.25, 0.3) is 0 Å². The molecule has 32 heavy (non-hydrogen) atoms. The zero-order valence-electron chi connectivity index (χ0n) is 17.3. The molecule has 0 saturated carbocycles. The van der Waals surface area contributed by atoms with E-state index in [2.05, 4.69) is 20.3 Å². The number of hydrogen-bond acceptors (Lipinski definition) is 6. The van der Waals surface area contributed by atoms with Crippen LogP contribution < -0.4 is 5.32 Å². The summed E-state index contributed by atoms with van der Waals surface area (Å²) in [5.41, 5.74) is 1.46. The molecule has 4 aromatic rings. The highest BCUT2D eigenvalue weighted by Gasteiger charge is 2.24. The van der Waals surface area contributed by atoms with E-state index in [1.165, 1.54) is 18.4 Å². The lowest BCUT2D eigenvalue weighted by atomic mass is 10.1. The lowest BCUT2D eigenvalue weighted by Crippen LogP contribution is -2.41. The highest BCUT2D eigenvalue weighted by atomic mass is 19.1. The first-order valence-corrected chi connectivity index (χ1v) is 10.3. The van der Waals surface area contributed by atoms with Crippen molar-refractivity contribution in [3.05, 3.63) is 54.6 Å². The van der Waals surface area contributed by atoms with E-state index in [4.69, 9.17) is 4.42 Å². The maximum Gasteiger partial charge on any atom is 0.306 e. The van der Waals surface area contributed by atoms with Crippen molar-refractivity contribution in [2.45, 2.75) is 25.8 Å². The number of benzene rings is 1. The average molecular weight is 438 g/mol. The second kappa shape index (κ2) is 8.03. The Bertz CT molecular complexity index is 1290. The topological polar surface area (TPSA) is 88.6 Å². The molecule has 0 unspecified atom stereocenters. The molecule has 5 rings (SSSR count). The van der Waals surface area contributed by atoms with Gasteiger partial charge in [-0.3, -0.25) is 9.20 Å². The molecule has 0 bridgehead atoms. The minimum atomic E-state index is -0.725. The monoisotopic (exact) mass is 438 g/mol. The van der Waals surface area contributed by atoms with Crippen molar-refractivity contribution in [3.63, 3.8) is 0 Å². The number of carbonyl (C=O) groups is 1. The Morgan fingerprint density at radius 1 is 1.19 bits per heavy atom. The molecule has 0 spiro atoms. The van der Waals surface area contributed by atoms with Crippen LogP contribution in [0.1, 0.15) is 19.8 Å². The third-order valence-corrected chi connectivity index (χ3v) is 5.62. The minimum absolute atomic E-state index is 0.0760. The van der Waals surface area contributed by atoms with Crippen molar-refractivity contribution in [3.8, 4) is 22.6 Å². The van der Waals surface area contributed by atoms with Crippen LogP contribution in [0.4, 0.5) is 14.7 Å². The number of likely N-dealkylation sites (tertiary alicyclic amines) is 1. The van der Waals surface area contributed by atoms with E-state index < -0.39 is 11.6 Å². The summed E-state index contributed by atoms with van der Waals surface area (Å²) in [6.45, 7) is 2.93. The van der Waals surface area contributed by atoms with Crippen LogP contribution in [0, 0.1) is 11.6 Å². The fraction of sp³-hybridized carbons (Fsp3) is 0.273. The van der Waals surface area contributed by atoms with E-state index in [9.17, 15) is 13.6 Å². The van der Waals surface area contributed by atoms with Crippen molar-refractivity contribution in [1.29, 1.82) is 0 Å². The van der Waals surface area contributed by atoms with Crippen molar-refractivity contribution in [2.24, 2.45) is 0 Å².